The number of carbonyl (C=O) groups excluding carboxylic acids is 1. The Morgan fingerprint density at radius 1 is 1.24 bits per heavy atom. The number of hydrogen-bond acceptors (Lipinski definition) is 2. The zero-order chi connectivity index (χ0) is 15.0. The van der Waals surface area contributed by atoms with Crippen molar-refractivity contribution in [2.45, 2.75) is 0 Å². The van der Waals surface area contributed by atoms with Gasteiger partial charge in [-0.25, -0.2) is 9.37 Å². The molecule has 0 aliphatic rings. The number of hydrogen-bond donors (Lipinski definition) is 1. The highest BCUT2D eigenvalue weighted by Crippen LogP contribution is 2.24. The Morgan fingerprint density at radius 3 is 2.62 bits per heavy atom. The van der Waals surface area contributed by atoms with E-state index >= 15 is 0 Å². The Labute approximate surface area is 122 Å². The summed E-state index contributed by atoms with van der Waals surface area (Å²) < 4.78 is 14.8. The Balaban J connectivity index is 2.30. The zero-order valence-electron chi connectivity index (χ0n) is 11.7. The molecule has 0 bridgehead atoms. The average molecular weight is 281 g/mol. The van der Waals surface area contributed by atoms with Gasteiger partial charge in [0.05, 0.1) is 0 Å². The zero-order valence-corrected chi connectivity index (χ0v) is 11.7. The second-order valence-electron chi connectivity index (χ2n) is 4.83. The lowest BCUT2D eigenvalue weighted by Gasteiger charge is -2.04. The molecule has 1 N–H and O–H groups in total. The van der Waals surface area contributed by atoms with E-state index in [9.17, 15) is 9.18 Å². The van der Waals surface area contributed by atoms with Crippen LogP contribution in [0.1, 0.15) is 10.5 Å². The largest absolute Gasteiger partial charge is 0.354 e. The summed E-state index contributed by atoms with van der Waals surface area (Å²) in [4.78, 5) is 16.7. The standard InChI is InChI=1S/C15H13BFN3O/c1-18-15(21)14-13(9-2-5-11(17)6-3-9)19-12-7-4-10(16)8-20(12)14/h2-8H,16H2,1H3,(H,18,21). The SMILES string of the molecule is Bc1ccc2nc(-c3ccc(F)cc3)c(C(=O)NC)n2c1. The summed E-state index contributed by atoms with van der Waals surface area (Å²) in [6, 6.07) is 9.75. The summed E-state index contributed by atoms with van der Waals surface area (Å²) in [6.07, 6.45) is 1.86. The van der Waals surface area contributed by atoms with E-state index in [0.29, 0.717) is 22.6 Å². The number of amides is 1. The second kappa shape index (κ2) is 5.05. The second-order valence-corrected chi connectivity index (χ2v) is 4.83. The van der Waals surface area contributed by atoms with Gasteiger partial charge in [-0.2, -0.15) is 0 Å². The molecule has 6 heteroatoms. The van der Waals surface area contributed by atoms with Crippen LogP contribution < -0.4 is 10.8 Å². The molecule has 4 nitrogen and oxygen atoms in total. The van der Waals surface area contributed by atoms with Crippen LogP contribution in [0.5, 0.6) is 0 Å². The van der Waals surface area contributed by atoms with Crippen molar-refractivity contribution >= 4 is 24.9 Å². The number of benzene rings is 1. The van der Waals surface area contributed by atoms with E-state index < -0.39 is 0 Å². The van der Waals surface area contributed by atoms with Gasteiger partial charge in [-0.15, -0.1) is 0 Å². The van der Waals surface area contributed by atoms with Crippen molar-refractivity contribution < 1.29 is 9.18 Å². The van der Waals surface area contributed by atoms with E-state index in [1.165, 1.54) is 12.1 Å². The molecule has 1 amide bonds. The lowest BCUT2D eigenvalue weighted by Crippen LogP contribution is -2.21. The topological polar surface area (TPSA) is 46.4 Å². The number of nitrogens with zero attached hydrogens (tertiary/aromatic N) is 2. The fraction of sp³-hybridized carbons (Fsp3) is 0.0667. The van der Waals surface area contributed by atoms with E-state index in [2.05, 4.69) is 10.3 Å². The van der Waals surface area contributed by atoms with Gasteiger partial charge in [0, 0.05) is 18.8 Å². The third kappa shape index (κ3) is 2.29. The van der Waals surface area contributed by atoms with E-state index in [1.807, 2.05) is 26.2 Å². The summed E-state index contributed by atoms with van der Waals surface area (Å²) >= 11 is 0. The molecule has 2 heterocycles. The van der Waals surface area contributed by atoms with Crippen LogP contribution in [0.15, 0.2) is 42.6 Å². The first-order valence-corrected chi connectivity index (χ1v) is 6.57. The molecular weight excluding hydrogens is 268 g/mol. The van der Waals surface area contributed by atoms with Gasteiger partial charge in [0.1, 0.15) is 30.7 Å². The minimum Gasteiger partial charge on any atom is -0.354 e. The molecule has 104 valence electrons. The number of fused-ring (bicyclic) bond motifs is 1. The lowest BCUT2D eigenvalue weighted by molar-refractivity contribution is 0.0958. The molecule has 0 fully saturated rings. The lowest BCUT2D eigenvalue weighted by atomic mass is 9.99. The number of aromatic nitrogens is 2. The number of carbonyl (C=O) groups is 1. The van der Waals surface area contributed by atoms with Crippen LogP contribution in [0.3, 0.4) is 0 Å². The number of pyridine rings is 1. The molecule has 0 radical (unpaired) electrons. The Morgan fingerprint density at radius 2 is 1.95 bits per heavy atom. The fourth-order valence-corrected chi connectivity index (χ4v) is 2.30. The van der Waals surface area contributed by atoms with E-state index in [1.54, 1.807) is 23.6 Å². The van der Waals surface area contributed by atoms with Crippen molar-refractivity contribution in [3.8, 4) is 11.3 Å². The first-order chi connectivity index (χ1) is 10.1. The van der Waals surface area contributed by atoms with Gasteiger partial charge < -0.3 is 5.32 Å². The van der Waals surface area contributed by atoms with Crippen molar-refractivity contribution in [1.29, 1.82) is 0 Å². The molecule has 1 aromatic carbocycles. The summed E-state index contributed by atoms with van der Waals surface area (Å²) in [7, 11) is 3.52. The minimum absolute atomic E-state index is 0.229. The van der Waals surface area contributed by atoms with Crippen LogP contribution in [0, 0.1) is 5.82 Å². The quantitative estimate of drug-likeness (QED) is 0.705. The molecule has 0 atom stereocenters. The molecule has 0 spiro atoms. The third-order valence-corrected chi connectivity index (χ3v) is 3.33. The van der Waals surface area contributed by atoms with Crippen molar-refractivity contribution in [2.75, 3.05) is 7.05 Å². The molecule has 0 saturated carbocycles. The Bertz CT molecular complexity index is 827. The van der Waals surface area contributed by atoms with Gasteiger partial charge in [0.25, 0.3) is 5.91 Å². The van der Waals surface area contributed by atoms with Crippen molar-refractivity contribution in [3.05, 3.63) is 54.1 Å². The van der Waals surface area contributed by atoms with E-state index in [-0.39, 0.29) is 11.7 Å². The van der Waals surface area contributed by atoms with E-state index in [0.717, 1.165) is 5.46 Å². The van der Waals surface area contributed by atoms with Gasteiger partial charge >= 0.3 is 0 Å². The minimum atomic E-state index is -0.320. The summed E-state index contributed by atoms with van der Waals surface area (Å²) in [5.74, 6) is -0.549. The van der Waals surface area contributed by atoms with Crippen LogP contribution in [-0.2, 0) is 0 Å². The van der Waals surface area contributed by atoms with Crippen molar-refractivity contribution in [1.82, 2.24) is 14.7 Å². The smallest absolute Gasteiger partial charge is 0.270 e. The van der Waals surface area contributed by atoms with Crippen LogP contribution in [0.4, 0.5) is 4.39 Å². The van der Waals surface area contributed by atoms with Crippen molar-refractivity contribution in [2.24, 2.45) is 0 Å². The number of nitrogens with one attached hydrogen (secondary N) is 1. The maximum atomic E-state index is 13.1. The summed E-state index contributed by atoms with van der Waals surface area (Å²) in [6.45, 7) is 0. The summed E-state index contributed by atoms with van der Waals surface area (Å²) in [5.41, 5.74) is 3.40. The normalized spacial score (nSPS) is 10.8. The molecule has 3 rings (SSSR count). The highest BCUT2D eigenvalue weighted by Gasteiger charge is 2.19. The molecule has 0 unspecified atom stereocenters. The van der Waals surface area contributed by atoms with Crippen molar-refractivity contribution in [3.63, 3.8) is 0 Å². The van der Waals surface area contributed by atoms with Gasteiger partial charge in [-0.1, -0.05) is 11.5 Å². The number of rotatable bonds is 2. The molecule has 0 saturated heterocycles. The van der Waals surface area contributed by atoms with Gasteiger partial charge in [-0.05, 0) is 30.3 Å². The molecular formula is C15H13BFN3O. The molecule has 21 heavy (non-hydrogen) atoms. The monoisotopic (exact) mass is 281 g/mol. The molecule has 0 aliphatic carbocycles. The van der Waals surface area contributed by atoms with Gasteiger partial charge in [-0.3, -0.25) is 9.20 Å². The Kier molecular flexibility index (Phi) is 3.21. The highest BCUT2D eigenvalue weighted by atomic mass is 19.1. The Hall–Kier alpha value is -2.63. The highest BCUT2D eigenvalue weighted by molar-refractivity contribution is 6.32. The number of imidazole rings is 1. The fourth-order valence-electron chi connectivity index (χ4n) is 2.30. The molecule has 3 aromatic rings. The first kappa shape index (κ1) is 13.4. The van der Waals surface area contributed by atoms with Crippen LogP contribution in [0.2, 0.25) is 0 Å². The number of halogens is 1. The predicted octanol–water partition coefficient (Wildman–Crippen LogP) is 0.758. The van der Waals surface area contributed by atoms with E-state index in [4.69, 9.17) is 0 Å². The van der Waals surface area contributed by atoms with Crippen LogP contribution >= 0.6 is 0 Å². The molecule has 0 aliphatic heterocycles. The maximum absolute atomic E-state index is 13.1. The molecule has 2 aromatic heterocycles. The summed E-state index contributed by atoms with van der Waals surface area (Å²) in [5, 5.41) is 2.63. The van der Waals surface area contributed by atoms with Crippen LogP contribution in [-0.4, -0.2) is 30.2 Å². The first-order valence-electron chi connectivity index (χ1n) is 6.57. The van der Waals surface area contributed by atoms with Gasteiger partial charge in [0.15, 0.2) is 0 Å². The third-order valence-electron chi connectivity index (χ3n) is 3.33. The average Bonchev–Trinajstić information content (AvgIpc) is 2.85. The predicted molar refractivity (Wildman–Crippen MR) is 82.2 cm³/mol. The maximum Gasteiger partial charge on any atom is 0.270 e. The van der Waals surface area contributed by atoms with Gasteiger partial charge in [0.2, 0.25) is 0 Å². The van der Waals surface area contributed by atoms with Crippen LogP contribution in [0.25, 0.3) is 16.9 Å².